The summed E-state index contributed by atoms with van der Waals surface area (Å²) in [6, 6.07) is 17.2. The summed E-state index contributed by atoms with van der Waals surface area (Å²) in [7, 11) is 1.95. The van der Waals surface area contributed by atoms with Crippen LogP contribution in [0.15, 0.2) is 60.9 Å². The number of benzene rings is 2. The predicted molar refractivity (Wildman–Crippen MR) is 110 cm³/mol. The van der Waals surface area contributed by atoms with Crippen molar-refractivity contribution >= 4 is 12.4 Å². The van der Waals surface area contributed by atoms with Gasteiger partial charge in [0.1, 0.15) is 0 Å². The van der Waals surface area contributed by atoms with Crippen molar-refractivity contribution in [1.29, 1.82) is 0 Å². The lowest BCUT2D eigenvalue weighted by Crippen LogP contribution is -2.29. The van der Waals surface area contributed by atoms with Crippen LogP contribution in [0.3, 0.4) is 0 Å². The molecule has 0 fully saturated rings. The van der Waals surface area contributed by atoms with E-state index in [-0.39, 0.29) is 12.4 Å². The monoisotopic (exact) mass is 370 g/mol. The minimum absolute atomic E-state index is 0. The summed E-state index contributed by atoms with van der Waals surface area (Å²) < 4.78 is 1.85. The Kier molecular flexibility index (Phi) is 7.39. The number of nitrogens with zero attached hydrogens (tertiary/aromatic N) is 3. The van der Waals surface area contributed by atoms with E-state index >= 15 is 0 Å². The Balaban J connectivity index is 0.00000243. The lowest BCUT2D eigenvalue weighted by molar-refractivity contribution is 0.264. The first-order valence-electron chi connectivity index (χ1n) is 8.70. The van der Waals surface area contributed by atoms with Gasteiger partial charge in [-0.05, 0) is 23.6 Å². The molecule has 0 saturated carbocycles. The Morgan fingerprint density at radius 1 is 1.08 bits per heavy atom. The molecular formula is C21H27ClN4. The molecule has 3 aromatic rings. The van der Waals surface area contributed by atoms with Gasteiger partial charge >= 0.3 is 0 Å². The lowest BCUT2D eigenvalue weighted by atomic mass is 9.99. The van der Waals surface area contributed by atoms with Crippen LogP contribution in [-0.2, 0) is 20.1 Å². The fraction of sp³-hybridized carbons (Fsp3) is 0.286. The maximum absolute atomic E-state index is 5.86. The van der Waals surface area contributed by atoms with Crippen molar-refractivity contribution < 1.29 is 0 Å². The van der Waals surface area contributed by atoms with Gasteiger partial charge in [0, 0.05) is 45.0 Å². The van der Waals surface area contributed by atoms with Crippen LogP contribution in [-0.4, -0.2) is 27.8 Å². The van der Waals surface area contributed by atoms with Crippen LogP contribution in [0.4, 0.5) is 0 Å². The smallest absolute Gasteiger partial charge is 0.0568 e. The van der Waals surface area contributed by atoms with E-state index < -0.39 is 0 Å². The zero-order chi connectivity index (χ0) is 17.6. The molecule has 1 aromatic heterocycles. The highest BCUT2D eigenvalue weighted by atomic mass is 35.5. The van der Waals surface area contributed by atoms with Gasteiger partial charge in [-0.25, -0.2) is 0 Å². The number of hydrogen-bond acceptors (Lipinski definition) is 3. The minimum atomic E-state index is 0. The number of aromatic nitrogens is 2. The van der Waals surface area contributed by atoms with Gasteiger partial charge in [0.25, 0.3) is 0 Å². The molecule has 138 valence electrons. The van der Waals surface area contributed by atoms with Gasteiger partial charge in [-0.3, -0.25) is 9.58 Å². The third kappa shape index (κ3) is 5.18. The molecule has 0 spiro atoms. The SMILES string of the molecule is Cc1ccc(CN(CCN)Cc2ccccc2)c(-c2cnn(C)c2)c1.Cl. The quantitative estimate of drug-likeness (QED) is 0.688. The van der Waals surface area contributed by atoms with Crippen molar-refractivity contribution in [3.8, 4) is 11.1 Å². The largest absolute Gasteiger partial charge is 0.329 e. The molecule has 0 aliphatic heterocycles. The fourth-order valence-corrected chi connectivity index (χ4v) is 3.14. The molecule has 0 atom stereocenters. The van der Waals surface area contributed by atoms with Gasteiger partial charge < -0.3 is 5.73 Å². The highest BCUT2D eigenvalue weighted by Crippen LogP contribution is 2.26. The van der Waals surface area contributed by atoms with Crippen LogP contribution >= 0.6 is 12.4 Å². The summed E-state index contributed by atoms with van der Waals surface area (Å²) in [5.74, 6) is 0. The maximum Gasteiger partial charge on any atom is 0.0568 e. The third-order valence-corrected chi connectivity index (χ3v) is 4.37. The molecule has 2 N–H and O–H groups in total. The third-order valence-electron chi connectivity index (χ3n) is 4.37. The van der Waals surface area contributed by atoms with Crippen molar-refractivity contribution in [3.63, 3.8) is 0 Å². The van der Waals surface area contributed by atoms with Crippen LogP contribution < -0.4 is 5.73 Å². The van der Waals surface area contributed by atoms with Crippen molar-refractivity contribution in [3.05, 3.63) is 77.6 Å². The van der Waals surface area contributed by atoms with Gasteiger partial charge in [0.05, 0.1) is 6.20 Å². The number of nitrogens with two attached hydrogens (primary N) is 1. The summed E-state index contributed by atoms with van der Waals surface area (Å²) in [4.78, 5) is 2.40. The normalized spacial score (nSPS) is 10.8. The van der Waals surface area contributed by atoms with Crippen molar-refractivity contribution in [1.82, 2.24) is 14.7 Å². The Morgan fingerprint density at radius 3 is 2.50 bits per heavy atom. The van der Waals surface area contributed by atoms with Gasteiger partial charge in [-0.15, -0.1) is 12.4 Å². The summed E-state index contributed by atoms with van der Waals surface area (Å²) in [5.41, 5.74) is 12.2. The molecule has 4 nitrogen and oxygen atoms in total. The van der Waals surface area contributed by atoms with E-state index in [2.05, 4.69) is 71.7 Å². The van der Waals surface area contributed by atoms with Crippen LogP contribution in [0.2, 0.25) is 0 Å². The molecule has 0 amide bonds. The highest BCUT2D eigenvalue weighted by molar-refractivity contribution is 5.85. The minimum Gasteiger partial charge on any atom is -0.329 e. The van der Waals surface area contributed by atoms with Gasteiger partial charge in [-0.2, -0.15) is 5.10 Å². The number of rotatable bonds is 7. The molecule has 0 unspecified atom stereocenters. The van der Waals surface area contributed by atoms with E-state index in [0.717, 1.165) is 25.2 Å². The van der Waals surface area contributed by atoms with Crippen LogP contribution in [0, 0.1) is 6.92 Å². The van der Waals surface area contributed by atoms with E-state index in [9.17, 15) is 0 Å². The molecule has 2 aromatic carbocycles. The maximum atomic E-state index is 5.86. The molecule has 0 bridgehead atoms. The highest BCUT2D eigenvalue weighted by Gasteiger charge is 2.12. The van der Waals surface area contributed by atoms with Crippen LogP contribution in [0.25, 0.3) is 11.1 Å². The second kappa shape index (κ2) is 9.53. The average molecular weight is 371 g/mol. The topological polar surface area (TPSA) is 47.1 Å². The summed E-state index contributed by atoms with van der Waals surface area (Å²) >= 11 is 0. The van der Waals surface area contributed by atoms with Crippen molar-refractivity contribution in [2.75, 3.05) is 13.1 Å². The fourth-order valence-electron chi connectivity index (χ4n) is 3.14. The van der Waals surface area contributed by atoms with E-state index in [1.165, 1.54) is 22.3 Å². The van der Waals surface area contributed by atoms with Gasteiger partial charge in [-0.1, -0.05) is 54.1 Å². The molecule has 0 aliphatic carbocycles. The zero-order valence-corrected chi connectivity index (χ0v) is 16.2. The summed E-state index contributed by atoms with van der Waals surface area (Å²) in [6.45, 7) is 5.43. The first kappa shape index (κ1) is 20.2. The van der Waals surface area contributed by atoms with E-state index in [1.54, 1.807) is 0 Å². The number of hydrogen-bond donors (Lipinski definition) is 1. The van der Waals surface area contributed by atoms with E-state index in [0.29, 0.717) is 6.54 Å². The Labute approximate surface area is 162 Å². The predicted octanol–water partition coefficient (Wildman–Crippen LogP) is 3.78. The van der Waals surface area contributed by atoms with Crippen LogP contribution in [0.1, 0.15) is 16.7 Å². The zero-order valence-electron chi connectivity index (χ0n) is 15.4. The summed E-state index contributed by atoms with van der Waals surface area (Å²) in [5, 5.41) is 4.33. The molecule has 1 heterocycles. The lowest BCUT2D eigenvalue weighted by Gasteiger charge is -2.23. The molecule has 0 aliphatic rings. The standard InChI is InChI=1S/C21H26N4.ClH/c1-17-8-9-19(21(12-17)20-13-23-24(2)15-20)16-25(11-10-22)14-18-6-4-3-5-7-18;/h3-9,12-13,15H,10-11,14,16,22H2,1-2H3;1H. The number of aryl methyl sites for hydroxylation is 2. The number of halogens is 1. The average Bonchev–Trinajstić information content (AvgIpc) is 3.04. The Bertz CT molecular complexity index is 814. The molecule has 0 saturated heterocycles. The second-order valence-electron chi connectivity index (χ2n) is 6.55. The summed E-state index contributed by atoms with van der Waals surface area (Å²) in [6.07, 6.45) is 4.01. The first-order chi connectivity index (χ1) is 12.2. The van der Waals surface area contributed by atoms with Gasteiger partial charge in [0.15, 0.2) is 0 Å². The molecule has 3 rings (SSSR count). The molecule has 26 heavy (non-hydrogen) atoms. The van der Waals surface area contributed by atoms with Gasteiger partial charge in [0.2, 0.25) is 0 Å². The van der Waals surface area contributed by atoms with Crippen molar-refractivity contribution in [2.24, 2.45) is 12.8 Å². The Morgan fingerprint density at radius 2 is 1.85 bits per heavy atom. The van der Waals surface area contributed by atoms with Crippen LogP contribution in [0.5, 0.6) is 0 Å². The first-order valence-corrected chi connectivity index (χ1v) is 8.70. The Hall–Kier alpha value is -2.14. The van der Waals surface area contributed by atoms with Crippen molar-refractivity contribution in [2.45, 2.75) is 20.0 Å². The van der Waals surface area contributed by atoms with E-state index in [1.807, 2.05) is 17.9 Å². The molecule has 5 heteroatoms. The molecular weight excluding hydrogens is 344 g/mol. The second-order valence-corrected chi connectivity index (χ2v) is 6.55. The van der Waals surface area contributed by atoms with E-state index in [4.69, 9.17) is 5.73 Å². The molecule has 0 radical (unpaired) electrons.